The van der Waals surface area contributed by atoms with Gasteiger partial charge in [0.1, 0.15) is 0 Å². The third-order valence-corrected chi connectivity index (χ3v) is 3.55. The largest absolute Gasteiger partial charge is 0.310 e. The lowest BCUT2D eigenvalue weighted by molar-refractivity contribution is -0.384. The molecular formula is C14H16N4O2S. The van der Waals surface area contributed by atoms with Crippen molar-refractivity contribution in [3.8, 4) is 0 Å². The molecule has 6 nitrogen and oxygen atoms in total. The fourth-order valence-electron chi connectivity index (χ4n) is 1.55. The lowest BCUT2D eigenvalue weighted by Crippen LogP contribution is -2.21. The topological polar surface area (TPSA) is 81.0 Å². The molecule has 1 aromatic heterocycles. The first-order valence-corrected chi connectivity index (χ1v) is 7.33. The van der Waals surface area contributed by atoms with Gasteiger partial charge in [0.05, 0.1) is 4.92 Å². The van der Waals surface area contributed by atoms with E-state index >= 15 is 0 Å². The monoisotopic (exact) mass is 304 g/mol. The summed E-state index contributed by atoms with van der Waals surface area (Å²) in [4.78, 5) is 19.6. The molecule has 0 aliphatic heterocycles. The Morgan fingerprint density at radius 3 is 2.38 bits per heavy atom. The highest BCUT2D eigenvalue weighted by Gasteiger charge is 2.06. The van der Waals surface area contributed by atoms with Gasteiger partial charge in [0.2, 0.25) is 0 Å². The number of hydrogen-bond donors (Lipinski definition) is 1. The third kappa shape index (κ3) is 4.80. The molecule has 1 heterocycles. The van der Waals surface area contributed by atoms with E-state index in [-0.39, 0.29) is 5.69 Å². The van der Waals surface area contributed by atoms with E-state index in [0.717, 1.165) is 17.0 Å². The molecule has 21 heavy (non-hydrogen) atoms. The van der Waals surface area contributed by atoms with Crippen LogP contribution in [-0.2, 0) is 6.54 Å². The molecule has 2 rings (SSSR count). The van der Waals surface area contributed by atoms with Crippen molar-refractivity contribution in [1.29, 1.82) is 0 Å². The lowest BCUT2D eigenvalue weighted by atomic mass is 10.3. The Kier molecular flexibility index (Phi) is 5.24. The molecule has 0 bridgehead atoms. The Morgan fingerprint density at radius 1 is 1.24 bits per heavy atom. The fraction of sp³-hybridized carbons (Fsp3) is 0.286. The van der Waals surface area contributed by atoms with Gasteiger partial charge < -0.3 is 5.32 Å². The average molecular weight is 304 g/mol. The van der Waals surface area contributed by atoms with Gasteiger partial charge in [0, 0.05) is 47.6 Å². The van der Waals surface area contributed by atoms with Gasteiger partial charge in [-0.15, -0.1) is 0 Å². The first-order chi connectivity index (χ1) is 10.0. The summed E-state index contributed by atoms with van der Waals surface area (Å²) in [7, 11) is 0. The van der Waals surface area contributed by atoms with Crippen LogP contribution in [0.1, 0.15) is 19.4 Å². The molecule has 0 atom stereocenters. The predicted octanol–water partition coefficient (Wildman–Crippen LogP) is 3.03. The first-order valence-electron chi connectivity index (χ1n) is 6.51. The number of hydrogen-bond acceptors (Lipinski definition) is 6. The summed E-state index contributed by atoms with van der Waals surface area (Å²) < 4.78 is 0. The minimum absolute atomic E-state index is 0.0791. The maximum atomic E-state index is 10.6. The second-order valence-corrected chi connectivity index (χ2v) is 5.80. The van der Waals surface area contributed by atoms with Crippen molar-refractivity contribution < 1.29 is 4.92 Å². The summed E-state index contributed by atoms with van der Waals surface area (Å²) in [6.45, 7) is 4.90. The Hall–Kier alpha value is -1.99. The highest BCUT2D eigenvalue weighted by Crippen LogP contribution is 2.26. The summed E-state index contributed by atoms with van der Waals surface area (Å²) >= 11 is 1.38. The van der Waals surface area contributed by atoms with Gasteiger partial charge in [-0.1, -0.05) is 13.8 Å². The first kappa shape index (κ1) is 15.4. The van der Waals surface area contributed by atoms with Crippen LogP contribution in [0.4, 0.5) is 5.69 Å². The van der Waals surface area contributed by atoms with Gasteiger partial charge in [-0.3, -0.25) is 10.1 Å². The lowest BCUT2D eigenvalue weighted by Gasteiger charge is -2.07. The number of non-ortho nitro benzene ring substituents is 1. The van der Waals surface area contributed by atoms with Crippen molar-refractivity contribution in [2.45, 2.75) is 36.5 Å². The molecule has 0 amide bonds. The van der Waals surface area contributed by atoms with E-state index in [1.165, 1.54) is 23.9 Å². The Morgan fingerprint density at radius 2 is 1.86 bits per heavy atom. The molecule has 110 valence electrons. The molecule has 0 radical (unpaired) electrons. The normalized spacial score (nSPS) is 10.8. The van der Waals surface area contributed by atoms with E-state index in [1.807, 2.05) is 0 Å². The second-order valence-electron chi connectivity index (χ2n) is 4.76. The molecule has 1 N–H and O–H groups in total. The molecule has 7 heteroatoms. The van der Waals surface area contributed by atoms with E-state index in [2.05, 4.69) is 29.1 Å². The number of nitro groups is 1. The van der Waals surface area contributed by atoms with Crippen molar-refractivity contribution in [3.63, 3.8) is 0 Å². The number of nitrogens with one attached hydrogen (secondary N) is 1. The van der Waals surface area contributed by atoms with Gasteiger partial charge in [0.25, 0.3) is 5.69 Å². The molecular weight excluding hydrogens is 288 g/mol. The van der Waals surface area contributed by atoms with Crippen molar-refractivity contribution >= 4 is 17.4 Å². The number of nitrogens with zero attached hydrogens (tertiary/aromatic N) is 3. The summed E-state index contributed by atoms with van der Waals surface area (Å²) in [5.41, 5.74) is 1.10. The Bertz CT molecular complexity index is 599. The summed E-state index contributed by atoms with van der Waals surface area (Å²) in [6.07, 6.45) is 3.58. The van der Waals surface area contributed by atoms with Crippen LogP contribution < -0.4 is 5.32 Å². The van der Waals surface area contributed by atoms with Crippen molar-refractivity contribution in [3.05, 3.63) is 52.3 Å². The van der Waals surface area contributed by atoms with Crippen LogP contribution in [0.2, 0.25) is 0 Å². The average Bonchev–Trinajstić information content (AvgIpc) is 2.47. The third-order valence-electron chi connectivity index (χ3n) is 2.65. The fourth-order valence-corrected chi connectivity index (χ4v) is 2.24. The van der Waals surface area contributed by atoms with Gasteiger partial charge >= 0.3 is 0 Å². The number of aromatic nitrogens is 2. The highest BCUT2D eigenvalue weighted by molar-refractivity contribution is 7.99. The van der Waals surface area contributed by atoms with Crippen LogP contribution in [-0.4, -0.2) is 20.9 Å². The van der Waals surface area contributed by atoms with Crippen LogP contribution in [0.3, 0.4) is 0 Å². The van der Waals surface area contributed by atoms with Crippen molar-refractivity contribution in [2.24, 2.45) is 0 Å². The van der Waals surface area contributed by atoms with Crippen LogP contribution >= 0.6 is 11.8 Å². The van der Waals surface area contributed by atoms with Crippen LogP contribution in [0.15, 0.2) is 46.7 Å². The van der Waals surface area contributed by atoms with E-state index in [9.17, 15) is 10.1 Å². The molecule has 1 aromatic carbocycles. The SMILES string of the molecule is CC(C)NCc1cnc(Sc2ccc([N+](=O)[O-])cc2)nc1. The van der Waals surface area contributed by atoms with Crippen LogP contribution in [0.25, 0.3) is 0 Å². The van der Waals surface area contributed by atoms with Gasteiger partial charge in [0.15, 0.2) is 5.16 Å². The Balaban J connectivity index is 1.98. The molecule has 0 saturated heterocycles. The zero-order valence-corrected chi connectivity index (χ0v) is 12.6. The summed E-state index contributed by atoms with van der Waals surface area (Å²) in [5.74, 6) is 0. The molecule has 2 aromatic rings. The molecule has 0 spiro atoms. The van der Waals surface area contributed by atoms with E-state index in [0.29, 0.717) is 11.2 Å². The molecule has 0 aliphatic rings. The molecule has 0 fully saturated rings. The quantitative estimate of drug-likeness (QED) is 0.502. The van der Waals surface area contributed by atoms with Gasteiger partial charge in [-0.05, 0) is 23.9 Å². The minimum atomic E-state index is -0.415. The van der Waals surface area contributed by atoms with Crippen molar-refractivity contribution in [1.82, 2.24) is 15.3 Å². The Labute approximate surface area is 127 Å². The second kappa shape index (κ2) is 7.14. The number of rotatable bonds is 6. The number of nitro benzene ring substituents is 1. The smallest absolute Gasteiger partial charge is 0.269 e. The molecule has 0 saturated carbocycles. The van der Waals surface area contributed by atoms with E-state index < -0.39 is 4.92 Å². The van der Waals surface area contributed by atoms with E-state index in [4.69, 9.17) is 0 Å². The summed E-state index contributed by atoms with van der Waals surface area (Å²) in [6, 6.07) is 6.76. The predicted molar refractivity (Wildman–Crippen MR) is 81.2 cm³/mol. The van der Waals surface area contributed by atoms with E-state index in [1.54, 1.807) is 24.5 Å². The highest BCUT2D eigenvalue weighted by atomic mass is 32.2. The van der Waals surface area contributed by atoms with Crippen LogP contribution in [0.5, 0.6) is 0 Å². The van der Waals surface area contributed by atoms with Crippen molar-refractivity contribution in [2.75, 3.05) is 0 Å². The maximum absolute atomic E-state index is 10.6. The number of benzene rings is 1. The molecule has 0 unspecified atom stereocenters. The van der Waals surface area contributed by atoms with Gasteiger partial charge in [-0.2, -0.15) is 0 Å². The van der Waals surface area contributed by atoms with Crippen LogP contribution in [0, 0.1) is 10.1 Å². The summed E-state index contributed by atoms with van der Waals surface area (Å²) in [5, 5.41) is 14.5. The standard InChI is InChI=1S/C14H16N4O2S/c1-10(2)15-7-11-8-16-14(17-9-11)21-13-5-3-12(4-6-13)18(19)20/h3-6,8-10,15H,7H2,1-2H3. The zero-order chi connectivity index (χ0) is 15.2. The minimum Gasteiger partial charge on any atom is -0.310 e. The molecule has 0 aliphatic carbocycles. The van der Waals surface area contributed by atoms with Gasteiger partial charge in [-0.25, -0.2) is 9.97 Å². The zero-order valence-electron chi connectivity index (χ0n) is 11.8. The maximum Gasteiger partial charge on any atom is 0.269 e.